The van der Waals surface area contributed by atoms with Gasteiger partial charge in [0.25, 0.3) is 0 Å². The van der Waals surface area contributed by atoms with Crippen LogP contribution in [0.3, 0.4) is 0 Å². The van der Waals surface area contributed by atoms with Crippen LogP contribution in [0.25, 0.3) is 0 Å². The predicted octanol–water partition coefficient (Wildman–Crippen LogP) is 3.77. The lowest BCUT2D eigenvalue weighted by Crippen LogP contribution is -2.14. The smallest absolute Gasteiger partial charge is 0.388 e. The van der Waals surface area contributed by atoms with Gasteiger partial charge in [0, 0.05) is 5.02 Å². The van der Waals surface area contributed by atoms with E-state index in [9.17, 15) is 22.7 Å². The summed E-state index contributed by atoms with van der Waals surface area (Å²) in [6.07, 6.45) is -7.67. The average molecular weight is 257 g/mol. The second-order valence-corrected chi connectivity index (χ2v) is 3.87. The van der Waals surface area contributed by atoms with E-state index in [1.54, 1.807) is 0 Å². The molecule has 6 heteroatoms. The fraction of sp³-hybridized carbons (Fsp3) is 0.400. The van der Waals surface area contributed by atoms with Gasteiger partial charge in [-0.2, -0.15) is 13.2 Å². The highest BCUT2D eigenvalue weighted by Gasteiger charge is 2.32. The van der Waals surface area contributed by atoms with Crippen molar-refractivity contribution in [2.24, 2.45) is 0 Å². The molecule has 0 spiro atoms. The zero-order chi connectivity index (χ0) is 12.5. The molecule has 16 heavy (non-hydrogen) atoms. The van der Waals surface area contributed by atoms with Crippen LogP contribution in [0.5, 0.6) is 0 Å². The second kappa shape index (κ2) is 4.59. The summed E-state index contributed by atoms with van der Waals surface area (Å²) in [4.78, 5) is 0. The summed E-state index contributed by atoms with van der Waals surface area (Å²) < 4.78 is 49.1. The van der Waals surface area contributed by atoms with Gasteiger partial charge in [0.05, 0.1) is 12.5 Å². The van der Waals surface area contributed by atoms with E-state index < -0.39 is 24.5 Å². The molecule has 1 nitrogen and oxygen atoms in total. The molecule has 90 valence electrons. The molecular formula is C10H9ClF4O. The van der Waals surface area contributed by atoms with E-state index in [0.717, 1.165) is 12.1 Å². The minimum absolute atomic E-state index is 0.113. The summed E-state index contributed by atoms with van der Waals surface area (Å²) in [6, 6.07) is 2.01. The Hall–Kier alpha value is -0.810. The third kappa shape index (κ3) is 3.35. The summed E-state index contributed by atoms with van der Waals surface area (Å²) in [5.74, 6) is -0.618. The molecule has 0 aliphatic heterocycles. The van der Waals surface area contributed by atoms with E-state index in [1.807, 2.05) is 0 Å². The first-order valence-corrected chi connectivity index (χ1v) is 4.79. The molecule has 0 aromatic heterocycles. The highest BCUT2D eigenvalue weighted by atomic mass is 35.5. The third-order valence-corrected chi connectivity index (χ3v) is 2.39. The Bertz CT molecular complexity index is 389. The molecular weight excluding hydrogens is 248 g/mol. The van der Waals surface area contributed by atoms with Gasteiger partial charge in [-0.1, -0.05) is 11.6 Å². The van der Waals surface area contributed by atoms with E-state index in [2.05, 4.69) is 0 Å². The highest BCUT2D eigenvalue weighted by molar-refractivity contribution is 6.31. The second-order valence-electron chi connectivity index (χ2n) is 3.46. The first kappa shape index (κ1) is 13.3. The van der Waals surface area contributed by atoms with Crippen LogP contribution in [-0.2, 0) is 0 Å². The number of alkyl halides is 3. The molecule has 1 aromatic carbocycles. The summed E-state index contributed by atoms with van der Waals surface area (Å²) in [6.45, 7) is 1.38. The largest absolute Gasteiger partial charge is 0.391 e. The lowest BCUT2D eigenvalue weighted by molar-refractivity contribution is -0.154. The van der Waals surface area contributed by atoms with Gasteiger partial charge in [-0.15, -0.1) is 0 Å². The van der Waals surface area contributed by atoms with Crippen LogP contribution < -0.4 is 0 Å². The molecule has 0 aliphatic carbocycles. The molecule has 0 bridgehead atoms. The quantitative estimate of drug-likeness (QED) is 0.799. The van der Waals surface area contributed by atoms with Crippen molar-refractivity contribution in [2.45, 2.75) is 25.6 Å². The van der Waals surface area contributed by atoms with Gasteiger partial charge in [0.1, 0.15) is 5.82 Å². The summed E-state index contributed by atoms with van der Waals surface area (Å²) in [7, 11) is 0. The number of benzene rings is 1. The molecule has 0 saturated heterocycles. The van der Waals surface area contributed by atoms with Crippen molar-refractivity contribution in [1.82, 2.24) is 0 Å². The van der Waals surface area contributed by atoms with Gasteiger partial charge in [0.2, 0.25) is 0 Å². The fourth-order valence-electron chi connectivity index (χ4n) is 1.26. The van der Waals surface area contributed by atoms with Gasteiger partial charge in [-0.3, -0.25) is 0 Å². The number of aryl methyl sites for hydroxylation is 1. The Balaban J connectivity index is 3.00. The zero-order valence-electron chi connectivity index (χ0n) is 8.28. The van der Waals surface area contributed by atoms with Gasteiger partial charge in [-0.25, -0.2) is 4.39 Å². The van der Waals surface area contributed by atoms with E-state index >= 15 is 0 Å². The zero-order valence-corrected chi connectivity index (χ0v) is 9.03. The van der Waals surface area contributed by atoms with Crippen LogP contribution in [0.2, 0.25) is 5.02 Å². The van der Waals surface area contributed by atoms with Crippen LogP contribution in [0.15, 0.2) is 12.1 Å². The fourth-order valence-corrected chi connectivity index (χ4v) is 1.54. The molecule has 0 fully saturated rings. The topological polar surface area (TPSA) is 20.2 Å². The van der Waals surface area contributed by atoms with Crippen molar-refractivity contribution in [3.63, 3.8) is 0 Å². The minimum atomic E-state index is -4.50. The number of halogens is 5. The SMILES string of the molecule is Cc1cc(C(O)CC(F)(F)F)c(Cl)cc1F. The monoisotopic (exact) mass is 256 g/mol. The van der Waals surface area contributed by atoms with Crippen LogP contribution in [-0.4, -0.2) is 11.3 Å². The summed E-state index contributed by atoms with van der Waals surface area (Å²) in [5, 5.41) is 9.12. The Morgan fingerprint density at radius 1 is 1.38 bits per heavy atom. The molecule has 1 N–H and O–H groups in total. The molecule has 0 aliphatic rings. The molecule has 0 saturated carbocycles. The highest BCUT2D eigenvalue weighted by Crippen LogP contribution is 2.33. The lowest BCUT2D eigenvalue weighted by Gasteiger charge is -2.15. The first-order chi connectivity index (χ1) is 7.20. The van der Waals surface area contributed by atoms with E-state index in [0.29, 0.717) is 0 Å². The Morgan fingerprint density at radius 3 is 2.44 bits per heavy atom. The maximum absolute atomic E-state index is 13.0. The molecule has 0 amide bonds. The van der Waals surface area contributed by atoms with Gasteiger partial charge < -0.3 is 5.11 Å². The number of hydrogen-bond donors (Lipinski definition) is 1. The Labute approximate surface area is 94.7 Å². The van der Waals surface area contributed by atoms with Gasteiger partial charge in [-0.05, 0) is 30.2 Å². The maximum atomic E-state index is 13.0. The summed E-state index contributed by atoms with van der Waals surface area (Å²) in [5.41, 5.74) is 0.0264. The molecule has 1 unspecified atom stereocenters. The number of aliphatic hydroxyl groups is 1. The maximum Gasteiger partial charge on any atom is 0.391 e. The van der Waals surface area contributed by atoms with E-state index in [-0.39, 0.29) is 16.1 Å². The minimum Gasteiger partial charge on any atom is -0.388 e. The average Bonchev–Trinajstić information content (AvgIpc) is 2.08. The first-order valence-electron chi connectivity index (χ1n) is 4.41. The molecule has 0 radical (unpaired) electrons. The standard InChI is InChI=1S/C10H9ClF4O/c1-5-2-6(7(11)3-8(5)12)9(16)4-10(13,14)15/h2-3,9,16H,4H2,1H3. The van der Waals surface area contributed by atoms with Gasteiger partial charge >= 0.3 is 6.18 Å². The molecule has 1 atom stereocenters. The number of hydrogen-bond acceptors (Lipinski definition) is 1. The number of aliphatic hydroxyl groups excluding tert-OH is 1. The Kier molecular flexibility index (Phi) is 3.80. The van der Waals surface area contributed by atoms with Crippen molar-refractivity contribution < 1.29 is 22.7 Å². The predicted molar refractivity (Wildman–Crippen MR) is 51.8 cm³/mol. The lowest BCUT2D eigenvalue weighted by atomic mass is 10.0. The molecule has 1 aromatic rings. The molecule has 1 rings (SSSR count). The van der Waals surface area contributed by atoms with Crippen molar-refractivity contribution in [3.05, 3.63) is 34.1 Å². The summed E-state index contributed by atoms with van der Waals surface area (Å²) >= 11 is 5.56. The third-order valence-electron chi connectivity index (χ3n) is 2.06. The van der Waals surface area contributed by atoms with E-state index in [1.165, 1.54) is 6.92 Å². The van der Waals surface area contributed by atoms with Crippen molar-refractivity contribution in [1.29, 1.82) is 0 Å². The normalized spacial score (nSPS) is 13.9. The van der Waals surface area contributed by atoms with Crippen LogP contribution in [0.1, 0.15) is 23.7 Å². The van der Waals surface area contributed by atoms with Crippen LogP contribution in [0, 0.1) is 12.7 Å². The molecule has 0 heterocycles. The van der Waals surface area contributed by atoms with Crippen LogP contribution >= 0.6 is 11.6 Å². The van der Waals surface area contributed by atoms with Crippen molar-refractivity contribution in [3.8, 4) is 0 Å². The number of rotatable bonds is 2. The van der Waals surface area contributed by atoms with Gasteiger partial charge in [0.15, 0.2) is 0 Å². The van der Waals surface area contributed by atoms with Crippen molar-refractivity contribution in [2.75, 3.05) is 0 Å². The Morgan fingerprint density at radius 2 is 1.94 bits per heavy atom. The van der Waals surface area contributed by atoms with E-state index in [4.69, 9.17) is 11.6 Å². The van der Waals surface area contributed by atoms with Crippen LogP contribution in [0.4, 0.5) is 17.6 Å². The van der Waals surface area contributed by atoms with Crippen molar-refractivity contribution >= 4 is 11.6 Å².